The van der Waals surface area contributed by atoms with Crippen LogP contribution < -0.4 is 0 Å². The molecule has 0 spiro atoms. The molecule has 4 nitrogen and oxygen atoms in total. The fraction of sp³-hybridized carbons (Fsp3) is 0.842. The molecule has 0 aromatic heterocycles. The van der Waals surface area contributed by atoms with Crippen molar-refractivity contribution < 1.29 is 19.7 Å². The van der Waals surface area contributed by atoms with Crippen LogP contribution >= 0.6 is 0 Å². The summed E-state index contributed by atoms with van der Waals surface area (Å²) in [5.74, 6) is -0.126. The Morgan fingerprint density at radius 2 is 1.65 bits per heavy atom. The largest absolute Gasteiger partial charge is 0.469 e. The second kappa shape index (κ2) is 17.5. The van der Waals surface area contributed by atoms with E-state index in [-0.39, 0.29) is 12.1 Å². The van der Waals surface area contributed by atoms with Crippen LogP contribution in [0.5, 0.6) is 0 Å². The van der Waals surface area contributed by atoms with E-state index in [0.29, 0.717) is 6.42 Å². The van der Waals surface area contributed by atoms with Crippen LogP contribution in [0.15, 0.2) is 12.2 Å². The van der Waals surface area contributed by atoms with Crippen molar-refractivity contribution in [3.05, 3.63) is 12.2 Å². The number of hydrogen-bond acceptors (Lipinski definition) is 4. The molecule has 0 bridgehead atoms. The first-order chi connectivity index (χ1) is 11.2. The third-order valence-electron chi connectivity index (χ3n) is 4.06. The molecular weight excluding hydrogens is 292 g/mol. The van der Waals surface area contributed by atoms with Gasteiger partial charge in [0.25, 0.3) is 0 Å². The topological polar surface area (TPSA) is 55.8 Å². The smallest absolute Gasteiger partial charge is 0.305 e. The standard InChI is InChI=1S/C19H36O4/c1-3-4-5-6-7-9-12-15-18(23-21)16-13-10-8-11-14-17-19(20)22-2/h12,15,18,21H,3-11,13-14,16-17H2,1-2H3/b15-12+. The Morgan fingerprint density at radius 1 is 1.00 bits per heavy atom. The Balaban J connectivity index is 3.49. The number of allylic oxidation sites excluding steroid dienone is 1. The van der Waals surface area contributed by atoms with Crippen LogP contribution in [-0.4, -0.2) is 24.4 Å². The number of rotatable bonds is 16. The van der Waals surface area contributed by atoms with Gasteiger partial charge >= 0.3 is 5.97 Å². The maximum Gasteiger partial charge on any atom is 0.305 e. The maximum atomic E-state index is 11.0. The zero-order valence-electron chi connectivity index (χ0n) is 15.1. The number of hydrogen-bond donors (Lipinski definition) is 1. The van der Waals surface area contributed by atoms with Crippen molar-refractivity contribution in [1.82, 2.24) is 0 Å². The molecule has 0 rings (SSSR count). The highest BCUT2D eigenvalue weighted by atomic mass is 17.1. The Labute approximate surface area is 142 Å². The highest BCUT2D eigenvalue weighted by molar-refractivity contribution is 5.68. The van der Waals surface area contributed by atoms with E-state index in [1.54, 1.807) is 0 Å². The molecule has 0 aliphatic rings. The van der Waals surface area contributed by atoms with Crippen LogP contribution in [0.2, 0.25) is 0 Å². The van der Waals surface area contributed by atoms with Gasteiger partial charge in [0.05, 0.1) is 7.11 Å². The van der Waals surface area contributed by atoms with Gasteiger partial charge in [0, 0.05) is 6.42 Å². The van der Waals surface area contributed by atoms with Gasteiger partial charge in [-0.05, 0) is 25.7 Å². The number of methoxy groups -OCH3 is 1. The van der Waals surface area contributed by atoms with E-state index in [9.17, 15) is 4.79 Å². The van der Waals surface area contributed by atoms with E-state index in [1.165, 1.54) is 39.2 Å². The minimum absolute atomic E-state index is 0.126. The van der Waals surface area contributed by atoms with Gasteiger partial charge in [0.2, 0.25) is 0 Å². The molecule has 0 aromatic rings. The van der Waals surface area contributed by atoms with Crippen molar-refractivity contribution in [2.24, 2.45) is 0 Å². The van der Waals surface area contributed by atoms with Crippen molar-refractivity contribution in [3.63, 3.8) is 0 Å². The molecule has 0 amide bonds. The average molecular weight is 328 g/mol. The lowest BCUT2D eigenvalue weighted by molar-refractivity contribution is -0.267. The second-order valence-corrected chi connectivity index (χ2v) is 6.16. The third kappa shape index (κ3) is 15.8. The summed E-state index contributed by atoms with van der Waals surface area (Å²) in [4.78, 5) is 15.5. The summed E-state index contributed by atoms with van der Waals surface area (Å²) in [6.45, 7) is 2.22. The van der Waals surface area contributed by atoms with Crippen molar-refractivity contribution in [2.45, 2.75) is 96.5 Å². The molecule has 1 N–H and O–H groups in total. The van der Waals surface area contributed by atoms with Gasteiger partial charge in [-0.3, -0.25) is 10.1 Å². The zero-order chi connectivity index (χ0) is 17.2. The normalized spacial score (nSPS) is 12.7. The van der Waals surface area contributed by atoms with Crippen LogP contribution in [0.4, 0.5) is 0 Å². The van der Waals surface area contributed by atoms with E-state index in [2.05, 4.69) is 22.6 Å². The Kier molecular flexibility index (Phi) is 16.8. The van der Waals surface area contributed by atoms with Crippen molar-refractivity contribution in [1.29, 1.82) is 0 Å². The summed E-state index contributed by atoms with van der Waals surface area (Å²) in [5.41, 5.74) is 0. The zero-order valence-corrected chi connectivity index (χ0v) is 15.1. The first-order valence-electron chi connectivity index (χ1n) is 9.28. The highest BCUT2D eigenvalue weighted by Crippen LogP contribution is 2.12. The van der Waals surface area contributed by atoms with Gasteiger partial charge in [-0.1, -0.05) is 70.4 Å². The summed E-state index contributed by atoms with van der Waals surface area (Å²) in [6, 6.07) is 0. The SMILES string of the molecule is CCCCCCC/C=C/C(CCCCCCCC(=O)OC)OO. The second-order valence-electron chi connectivity index (χ2n) is 6.16. The summed E-state index contributed by atoms with van der Waals surface area (Å²) in [7, 11) is 1.43. The van der Waals surface area contributed by atoms with Crippen molar-refractivity contribution >= 4 is 5.97 Å². The van der Waals surface area contributed by atoms with Crippen LogP contribution in [0.3, 0.4) is 0 Å². The summed E-state index contributed by atoms with van der Waals surface area (Å²) >= 11 is 0. The van der Waals surface area contributed by atoms with Crippen LogP contribution in [0.25, 0.3) is 0 Å². The quantitative estimate of drug-likeness (QED) is 0.130. The molecule has 1 atom stereocenters. The molecular formula is C19H36O4. The molecule has 0 radical (unpaired) electrons. The number of carbonyl (C=O) groups excluding carboxylic acids is 1. The lowest BCUT2D eigenvalue weighted by atomic mass is 10.1. The van der Waals surface area contributed by atoms with Gasteiger partial charge in [-0.25, -0.2) is 4.89 Å². The molecule has 4 heteroatoms. The predicted octanol–water partition coefficient (Wildman–Crippen LogP) is 5.67. The van der Waals surface area contributed by atoms with Gasteiger partial charge < -0.3 is 4.74 Å². The Hall–Kier alpha value is -0.870. The third-order valence-corrected chi connectivity index (χ3v) is 4.06. The van der Waals surface area contributed by atoms with E-state index in [1.807, 2.05) is 6.08 Å². The van der Waals surface area contributed by atoms with Gasteiger partial charge in [0.15, 0.2) is 0 Å². The minimum Gasteiger partial charge on any atom is -0.469 e. The first kappa shape index (κ1) is 22.1. The lowest BCUT2D eigenvalue weighted by Crippen LogP contribution is -2.06. The monoisotopic (exact) mass is 328 g/mol. The van der Waals surface area contributed by atoms with Gasteiger partial charge in [-0.15, -0.1) is 0 Å². The Morgan fingerprint density at radius 3 is 2.35 bits per heavy atom. The van der Waals surface area contributed by atoms with E-state index >= 15 is 0 Å². The fourth-order valence-corrected chi connectivity index (χ4v) is 2.55. The molecule has 0 saturated heterocycles. The molecule has 0 heterocycles. The molecule has 0 aromatic carbocycles. The van der Waals surface area contributed by atoms with E-state index < -0.39 is 0 Å². The predicted molar refractivity (Wildman–Crippen MR) is 94.4 cm³/mol. The van der Waals surface area contributed by atoms with Gasteiger partial charge in [0.1, 0.15) is 6.10 Å². The molecule has 0 saturated carbocycles. The van der Waals surface area contributed by atoms with E-state index in [4.69, 9.17) is 5.26 Å². The van der Waals surface area contributed by atoms with Crippen molar-refractivity contribution in [2.75, 3.05) is 7.11 Å². The number of esters is 1. The molecule has 0 aliphatic carbocycles. The number of unbranched alkanes of at least 4 members (excludes halogenated alkanes) is 9. The average Bonchev–Trinajstić information content (AvgIpc) is 2.57. The maximum absolute atomic E-state index is 11.0. The fourth-order valence-electron chi connectivity index (χ4n) is 2.55. The molecule has 1 unspecified atom stereocenters. The molecule has 0 fully saturated rings. The summed E-state index contributed by atoms with van der Waals surface area (Å²) in [6.07, 6.45) is 18.0. The molecule has 0 aliphatic heterocycles. The van der Waals surface area contributed by atoms with Crippen LogP contribution in [0, 0.1) is 0 Å². The number of ether oxygens (including phenoxy) is 1. The van der Waals surface area contributed by atoms with Crippen LogP contribution in [-0.2, 0) is 14.4 Å². The summed E-state index contributed by atoms with van der Waals surface area (Å²) in [5, 5.41) is 8.93. The first-order valence-corrected chi connectivity index (χ1v) is 9.28. The highest BCUT2D eigenvalue weighted by Gasteiger charge is 2.04. The van der Waals surface area contributed by atoms with E-state index in [0.717, 1.165) is 44.9 Å². The Bertz CT molecular complexity index is 289. The summed E-state index contributed by atoms with van der Waals surface area (Å²) < 4.78 is 4.61. The van der Waals surface area contributed by atoms with Crippen molar-refractivity contribution in [3.8, 4) is 0 Å². The number of carbonyl (C=O) groups is 1. The lowest BCUT2D eigenvalue weighted by Gasteiger charge is -2.08. The van der Waals surface area contributed by atoms with Crippen LogP contribution in [0.1, 0.15) is 90.4 Å². The minimum atomic E-state index is -0.180. The van der Waals surface area contributed by atoms with Gasteiger partial charge in [-0.2, -0.15) is 0 Å². The molecule has 23 heavy (non-hydrogen) atoms. The molecule has 136 valence electrons.